The molecule has 5 unspecified atom stereocenters. The molecule has 9 heteroatoms. The molecule has 1 aromatic rings. The Kier molecular flexibility index (Phi) is 5.71. The predicted octanol–water partition coefficient (Wildman–Crippen LogP) is 0.657. The van der Waals surface area contributed by atoms with Crippen LogP contribution in [0, 0.1) is 0 Å². The molecule has 5 atom stereocenters. The number of esters is 1. The highest BCUT2D eigenvalue weighted by Crippen LogP contribution is 2.46. The van der Waals surface area contributed by atoms with Gasteiger partial charge in [-0.05, 0) is 12.1 Å². The Hall–Kier alpha value is -1.81. The van der Waals surface area contributed by atoms with Crippen molar-refractivity contribution in [3.8, 4) is 0 Å². The zero-order valence-corrected chi connectivity index (χ0v) is 15.0. The molecule has 2 heterocycles. The Morgan fingerprint density at radius 3 is 2.85 bits per heavy atom. The summed E-state index contributed by atoms with van der Waals surface area (Å²) in [5.41, 5.74) is 0. The van der Waals surface area contributed by atoms with E-state index in [0.717, 1.165) is 4.90 Å². The van der Waals surface area contributed by atoms with Crippen molar-refractivity contribution in [2.45, 2.75) is 47.0 Å². The molecule has 2 aliphatic rings. The number of amides is 1. The quantitative estimate of drug-likeness (QED) is 0.614. The molecule has 3 rings (SSSR count). The normalized spacial score (nSPS) is 31.5. The maximum atomic E-state index is 12.6. The van der Waals surface area contributed by atoms with Crippen LogP contribution in [0.25, 0.3) is 0 Å². The van der Waals surface area contributed by atoms with Crippen molar-refractivity contribution in [1.29, 1.82) is 0 Å². The molecule has 26 heavy (non-hydrogen) atoms. The van der Waals surface area contributed by atoms with Gasteiger partial charge in [0.25, 0.3) is 0 Å². The van der Waals surface area contributed by atoms with Crippen molar-refractivity contribution in [3.63, 3.8) is 0 Å². The lowest BCUT2D eigenvalue weighted by atomic mass is 9.92. The van der Waals surface area contributed by atoms with Gasteiger partial charge in [-0.3, -0.25) is 0 Å². The molecule has 1 aromatic carbocycles. The maximum absolute atomic E-state index is 12.6. The summed E-state index contributed by atoms with van der Waals surface area (Å²) in [6.45, 7) is -0.455. The summed E-state index contributed by atoms with van der Waals surface area (Å²) < 4.78 is 16.4. The molecule has 0 radical (unpaired) electrons. The highest BCUT2D eigenvalue weighted by Gasteiger charge is 2.57. The summed E-state index contributed by atoms with van der Waals surface area (Å²) in [6, 6.07) is 8.68. The highest BCUT2D eigenvalue weighted by atomic mass is 32.2. The van der Waals surface area contributed by atoms with Gasteiger partial charge >= 0.3 is 12.1 Å². The molecule has 2 saturated heterocycles. The summed E-state index contributed by atoms with van der Waals surface area (Å²) in [6.07, 6.45) is -2.84. The molecule has 0 bridgehead atoms. The van der Waals surface area contributed by atoms with Gasteiger partial charge in [-0.1, -0.05) is 30.0 Å². The first-order chi connectivity index (χ1) is 12.5. The fraction of sp³-hybridized carbons (Fsp3) is 0.529. The first-order valence-corrected chi connectivity index (χ1v) is 9.05. The third-order valence-electron chi connectivity index (χ3n) is 4.39. The van der Waals surface area contributed by atoms with Crippen molar-refractivity contribution in [3.05, 3.63) is 30.3 Å². The first kappa shape index (κ1) is 19.0. The number of benzene rings is 1. The van der Waals surface area contributed by atoms with Crippen molar-refractivity contribution >= 4 is 23.8 Å². The summed E-state index contributed by atoms with van der Waals surface area (Å²) in [5.74, 6) is -0.601. The lowest BCUT2D eigenvalue weighted by molar-refractivity contribution is -0.180. The van der Waals surface area contributed by atoms with E-state index < -0.39 is 48.0 Å². The van der Waals surface area contributed by atoms with Gasteiger partial charge in [0.05, 0.1) is 32.0 Å². The van der Waals surface area contributed by atoms with E-state index in [-0.39, 0.29) is 12.8 Å². The molecule has 0 spiro atoms. The number of alkyl carbamates (subject to hydrolysis) is 1. The Morgan fingerprint density at radius 2 is 2.19 bits per heavy atom. The van der Waals surface area contributed by atoms with E-state index in [0.29, 0.717) is 0 Å². The molecule has 8 nitrogen and oxygen atoms in total. The van der Waals surface area contributed by atoms with Gasteiger partial charge in [-0.2, -0.15) is 0 Å². The number of methoxy groups -OCH3 is 1. The Morgan fingerprint density at radius 1 is 1.46 bits per heavy atom. The predicted molar refractivity (Wildman–Crippen MR) is 91.4 cm³/mol. The van der Waals surface area contributed by atoms with E-state index in [4.69, 9.17) is 19.3 Å². The zero-order chi connectivity index (χ0) is 18.7. The number of carbonyl (C=O) groups excluding carboxylic acids is 2. The van der Waals surface area contributed by atoms with E-state index >= 15 is 0 Å². The molecule has 3 N–H and O–H groups in total. The van der Waals surface area contributed by atoms with Crippen molar-refractivity contribution < 1.29 is 34.0 Å². The molecule has 1 amide bonds. The van der Waals surface area contributed by atoms with Gasteiger partial charge < -0.3 is 29.7 Å². The molecule has 0 aromatic heterocycles. The van der Waals surface area contributed by atoms with Crippen LogP contribution in [0.1, 0.15) is 12.8 Å². The largest absolute Gasteiger partial charge is 0.466 e. The lowest BCUT2D eigenvalue weighted by Gasteiger charge is -2.43. The van der Waals surface area contributed by atoms with Crippen LogP contribution >= 0.6 is 11.8 Å². The molecular formula is C17H21NO7S. The molecule has 142 valence electrons. The van der Waals surface area contributed by atoms with Gasteiger partial charge in [-0.25, -0.2) is 9.59 Å². The molecule has 0 saturated carbocycles. The van der Waals surface area contributed by atoms with Crippen LogP contribution in [0.5, 0.6) is 0 Å². The summed E-state index contributed by atoms with van der Waals surface area (Å²) in [4.78, 5) is 23.7. The number of ether oxygens (including phenoxy) is 3. The molecule has 0 aliphatic carbocycles. The molecule has 2 aliphatic heterocycles. The number of aliphatic hydroxyl groups is 2. The minimum Gasteiger partial charge on any atom is -0.466 e. The second-order valence-electron chi connectivity index (χ2n) is 6.21. The fourth-order valence-corrected chi connectivity index (χ4v) is 4.48. The van der Waals surface area contributed by atoms with Gasteiger partial charge in [0.1, 0.15) is 6.10 Å². The zero-order valence-electron chi connectivity index (χ0n) is 14.2. The van der Waals surface area contributed by atoms with Gasteiger partial charge in [-0.15, -0.1) is 0 Å². The second-order valence-corrected chi connectivity index (χ2v) is 7.54. The number of thioether (sulfide) groups is 1. The Labute approximate surface area is 154 Å². The van der Waals surface area contributed by atoms with Crippen molar-refractivity contribution in [2.24, 2.45) is 0 Å². The van der Waals surface area contributed by atoms with Crippen LogP contribution in [-0.2, 0) is 19.0 Å². The Bertz CT molecular complexity index is 658. The average Bonchev–Trinajstić information content (AvgIpc) is 3.01. The average molecular weight is 383 g/mol. The van der Waals surface area contributed by atoms with Crippen molar-refractivity contribution in [1.82, 2.24) is 5.32 Å². The highest BCUT2D eigenvalue weighted by molar-refractivity contribution is 8.01. The summed E-state index contributed by atoms with van der Waals surface area (Å²) in [5, 5.41) is 21.7. The van der Waals surface area contributed by atoms with Gasteiger partial charge in [0.2, 0.25) is 4.93 Å². The van der Waals surface area contributed by atoms with E-state index in [2.05, 4.69) is 5.32 Å². The van der Waals surface area contributed by atoms with Crippen LogP contribution in [0.2, 0.25) is 0 Å². The van der Waals surface area contributed by atoms with E-state index in [9.17, 15) is 14.7 Å². The summed E-state index contributed by atoms with van der Waals surface area (Å²) in [7, 11) is 1.27. The van der Waals surface area contributed by atoms with E-state index in [1.165, 1.54) is 18.9 Å². The third kappa shape index (κ3) is 3.80. The van der Waals surface area contributed by atoms with Gasteiger partial charge in [0, 0.05) is 17.7 Å². The third-order valence-corrected chi connectivity index (χ3v) is 5.66. The Balaban J connectivity index is 1.92. The lowest BCUT2D eigenvalue weighted by Crippen LogP contribution is -2.59. The smallest absolute Gasteiger partial charge is 0.407 e. The van der Waals surface area contributed by atoms with Crippen LogP contribution in [-0.4, -0.2) is 65.3 Å². The fourth-order valence-electron chi connectivity index (χ4n) is 3.22. The first-order valence-electron chi connectivity index (χ1n) is 8.24. The van der Waals surface area contributed by atoms with Crippen LogP contribution in [0.15, 0.2) is 35.2 Å². The number of aliphatic hydroxyl groups excluding tert-OH is 2. The number of carbonyl (C=O) groups is 2. The topological polar surface area (TPSA) is 114 Å². The minimum atomic E-state index is -1.43. The number of hydrogen-bond donors (Lipinski definition) is 3. The number of rotatable bonds is 6. The minimum absolute atomic E-state index is 0.0371. The van der Waals surface area contributed by atoms with Crippen LogP contribution in [0.3, 0.4) is 0 Å². The SMILES string of the molecule is COC(=O)C1(Sc2ccccc2)CC2OC(=O)NC2C(CC(O)CO)O1. The number of hydrogen-bond acceptors (Lipinski definition) is 8. The molecular weight excluding hydrogens is 362 g/mol. The monoisotopic (exact) mass is 383 g/mol. The molecule has 2 fully saturated rings. The number of fused-ring (bicyclic) bond motifs is 1. The van der Waals surface area contributed by atoms with E-state index in [1.54, 1.807) is 0 Å². The number of nitrogens with one attached hydrogen (secondary N) is 1. The summed E-state index contributed by atoms with van der Waals surface area (Å²) >= 11 is 1.17. The maximum Gasteiger partial charge on any atom is 0.407 e. The van der Waals surface area contributed by atoms with E-state index in [1.807, 2.05) is 30.3 Å². The van der Waals surface area contributed by atoms with Crippen molar-refractivity contribution in [2.75, 3.05) is 13.7 Å². The van der Waals surface area contributed by atoms with Crippen LogP contribution < -0.4 is 5.32 Å². The second kappa shape index (κ2) is 7.83. The van der Waals surface area contributed by atoms with Crippen LogP contribution in [0.4, 0.5) is 4.79 Å². The standard InChI is InChI=1S/C17H21NO7S/c1-23-15(21)17(26-11-5-3-2-4-6-11)8-13-14(18-16(22)24-13)12(25-17)7-10(20)9-19/h2-6,10,12-14,19-20H,7-9H2,1H3,(H,18,22). The van der Waals surface area contributed by atoms with Gasteiger partial charge in [0.15, 0.2) is 0 Å².